The van der Waals surface area contributed by atoms with Crippen LogP contribution in [0.1, 0.15) is 26.5 Å². The van der Waals surface area contributed by atoms with E-state index in [9.17, 15) is 4.39 Å². The van der Waals surface area contributed by atoms with Gasteiger partial charge in [0, 0.05) is 12.1 Å². The van der Waals surface area contributed by atoms with Gasteiger partial charge >= 0.3 is 0 Å². The third kappa shape index (κ3) is 3.17. The topological polar surface area (TPSA) is 47.3 Å². The average Bonchev–Trinajstić information content (AvgIpc) is 2.83. The summed E-state index contributed by atoms with van der Waals surface area (Å²) in [4.78, 5) is 4.16. The summed E-state index contributed by atoms with van der Waals surface area (Å²) in [5.41, 5.74) is 0.900. The molecule has 0 amide bonds. The third-order valence-corrected chi connectivity index (χ3v) is 2.85. The quantitative estimate of drug-likeness (QED) is 0.931. The van der Waals surface area contributed by atoms with Gasteiger partial charge in [0.1, 0.15) is 17.3 Å². The molecule has 0 atom stereocenters. The van der Waals surface area contributed by atoms with Gasteiger partial charge in [0.25, 0.3) is 0 Å². The lowest BCUT2D eigenvalue weighted by atomic mass is 10.1. The van der Waals surface area contributed by atoms with Crippen molar-refractivity contribution in [3.05, 3.63) is 36.1 Å². The van der Waals surface area contributed by atoms with Crippen LogP contribution in [0.2, 0.25) is 0 Å². The van der Waals surface area contributed by atoms with Crippen LogP contribution in [0.5, 0.6) is 5.75 Å². The number of halogens is 1. The Kier molecular flexibility index (Phi) is 4.09. The number of hydrogen-bond acceptors (Lipinski definition) is 4. The highest BCUT2D eigenvalue weighted by Crippen LogP contribution is 2.34. The molecule has 0 unspecified atom stereocenters. The van der Waals surface area contributed by atoms with Crippen molar-refractivity contribution < 1.29 is 13.5 Å². The second-order valence-corrected chi connectivity index (χ2v) is 5.55. The van der Waals surface area contributed by atoms with E-state index in [1.165, 1.54) is 19.6 Å². The summed E-state index contributed by atoms with van der Waals surface area (Å²) in [6.45, 7) is 6.65. The maximum absolute atomic E-state index is 14.1. The summed E-state index contributed by atoms with van der Waals surface area (Å²) < 4.78 is 24.6. The summed E-state index contributed by atoms with van der Waals surface area (Å²) in [6, 6.07) is 4.67. The van der Waals surface area contributed by atoms with Crippen LogP contribution >= 0.6 is 0 Å². The molecule has 0 aliphatic carbocycles. The molecular formula is C15H19FN2O2. The van der Waals surface area contributed by atoms with Gasteiger partial charge in [-0.1, -0.05) is 6.07 Å². The standard InChI is InChI=1S/C15H19FN2O2/c1-15(2,3)18-8-11-14(20-9-17-11)13-10(16)6-5-7-12(13)19-4/h5-7,9,18H,8H2,1-4H3. The van der Waals surface area contributed by atoms with Gasteiger partial charge in [0.15, 0.2) is 12.2 Å². The van der Waals surface area contributed by atoms with E-state index in [-0.39, 0.29) is 5.54 Å². The average molecular weight is 278 g/mol. The molecule has 0 spiro atoms. The fraction of sp³-hybridized carbons (Fsp3) is 0.400. The van der Waals surface area contributed by atoms with E-state index in [2.05, 4.69) is 31.1 Å². The molecule has 0 fully saturated rings. The van der Waals surface area contributed by atoms with Crippen molar-refractivity contribution in [2.45, 2.75) is 32.9 Å². The SMILES string of the molecule is COc1cccc(F)c1-c1ocnc1CNC(C)(C)C. The Morgan fingerprint density at radius 3 is 2.75 bits per heavy atom. The molecule has 1 aromatic heterocycles. The molecule has 0 aliphatic heterocycles. The molecule has 2 aromatic rings. The molecule has 0 saturated heterocycles. The first-order valence-corrected chi connectivity index (χ1v) is 6.42. The minimum absolute atomic E-state index is 0.0600. The number of nitrogens with one attached hydrogen (secondary N) is 1. The lowest BCUT2D eigenvalue weighted by Gasteiger charge is -2.20. The zero-order valence-corrected chi connectivity index (χ0v) is 12.2. The van der Waals surface area contributed by atoms with Gasteiger partial charge in [0.05, 0.1) is 12.7 Å². The fourth-order valence-electron chi connectivity index (χ4n) is 1.84. The number of rotatable bonds is 4. The number of nitrogens with zero attached hydrogens (tertiary/aromatic N) is 1. The number of benzene rings is 1. The van der Waals surface area contributed by atoms with E-state index in [1.54, 1.807) is 12.1 Å². The minimum atomic E-state index is -0.391. The predicted molar refractivity (Wildman–Crippen MR) is 75.0 cm³/mol. The Hall–Kier alpha value is -1.88. The first kappa shape index (κ1) is 14.5. The van der Waals surface area contributed by atoms with Crippen LogP contribution in [0.15, 0.2) is 29.0 Å². The lowest BCUT2D eigenvalue weighted by molar-refractivity contribution is 0.410. The zero-order chi connectivity index (χ0) is 14.8. The molecule has 0 saturated carbocycles. The van der Waals surface area contributed by atoms with E-state index >= 15 is 0 Å². The van der Waals surface area contributed by atoms with E-state index in [1.807, 2.05) is 0 Å². The molecule has 20 heavy (non-hydrogen) atoms. The van der Waals surface area contributed by atoms with Crippen LogP contribution in [0, 0.1) is 5.82 Å². The molecule has 4 nitrogen and oxygen atoms in total. The highest BCUT2D eigenvalue weighted by Gasteiger charge is 2.20. The smallest absolute Gasteiger partial charge is 0.181 e. The monoisotopic (exact) mass is 278 g/mol. The highest BCUT2D eigenvalue weighted by molar-refractivity contribution is 5.68. The van der Waals surface area contributed by atoms with E-state index in [4.69, 9.17) is 9.15 Å². The molecule has 1 N–H and O–H groups in total. The van der Waals surface area contributed by atoms with Gasteiger partial charge in [0.2, 0.25) is 0 Å². The zero-order valence-electron chi connectivity index (χ0n) is 12.2. The summed E-state index contributed by atoms with van der Waals surface area (Å²) in [5.74, 6) is 0.438. The first-order valence-electron chi connectivity index (χ1n) is 6.42. The molecule has 0 aliphatic rings. The van der Waals surface area contributed by atoms with Crippen LogP contribution in [0.3, 0.4) is 0 Å². The van der Waals surface area contributed by atoms with Crippen molar-refractivity contribution in [2.24, 2.45) is 0 Å². The Bertz CT molecular complexity index is 588. The van der Waals surface area contributed by atoms with Crippen molar-refractivity contribution in [2.75, 3.05) is 7.11 Å². The number of oxazole rings is 1. The number of aromatic nitrogens is 1. The Morgan fingerprint density at radius 1 is 1.35 bits per heavy atom. The van der Waals surface area contributed by atoms with E-state index < -0.39 is 5.82 Å². The van der Waals surface area contributed by atoms with Gasteiger partial charge in [-0.05, 0) is 32.9 Å². The molecule has 1 aromatic carbocycles. The summed E-state index contributed by atoms with van der Waals surface area (Å²) in [6.07, 6.45) is 1.32. The van der Waals surface area contributed by atoms with Crippen LogP contribution in [-0.2, 0) is 6.54 Å². The molecule has 1 heterocycles. The van der Waals surface area contributed by atoms with Crippen molar-refractivity contribution in [1.29, 1.82) is 0 Å². The van der Waals surface area contributed by atoms with Gasteiger partial charge in [-0.25, -0.2) is 9.37 Å². The summed E-state index contributed by atoms with van der Waals surface area (Å²) in [7, 11) is 1.50. The van der Waals surface area contributed by atoms with Gasteiger partial charge in [-0.2, -0.15) is 0 Å². The molecule has 0 bridgehead atoms. The molecule has 108 valence electrons. The number of ether oxygens (including phenoxy) is 1. The normalized spacial score (nSPS) is 11.7. The van der Waals surface area contributed by atoms with Gasteiger partial charge in [-0.15, -0.1) is 0 Å². The summed E-state index contributed by atoms with van der Waals surface area (Å²) in [5, 5.41) is 3.31. The van der Waals surface area contributed by atoms with E-state index in [0.29, 0.717) is 29.3 Å². The van der Waals surface area contributed by atoms with Crippen molar-refractivity contribution in [1.82, 2.24) is 10.3 Å². The highest BCUT2D eigenvalue weighted by atomic mass is 19.1. The minimum Gasteiger partial charge on any atom is -0.496 e. The summed E-state index contributed by atoms with van der Waals surface area (Å²) >= 11 is 0. The van der Waals surface area contributed by atoms with Gasteiger partial charge in [-0.3, -0.25) is 0 Å². The van der Waals surface area contributed by atoms with Crippen molar-refractivity contribution >= 4 is 0 Å². The predicted octanol–water partition coefficient (Wildman–Crippen LogP) is 3.38. The maximum atomic E-state index is 14.1. The second-order valence-electron chi connectivity index (χ2n) is 5.55. The maximum Gasteiger partial charge on any atom is 0.181 e. The Morgan fingerprint density at radius 2 is 2.10 bits per heavy atom. The van der Waals surface area contributed by atoms with Crippen LogP contribution in [0.4, 0.5) is 4.39 Å². The van der Waals surface area contributed by atoms with E-state index in [0.717, 1.165) is 0 Å². The van der Waals surface area contributed by atoms with Crippen molar-refractivity contribution in [3.63, 3.8) is 0 Å². The van der Waals surface area contributed by atoms with Crippen LogP contribution in [-0.4, -0.2) is 17.6 Å². The Labute approximate surface area is 118 Å². The largest absolute Gasteiger partial charge is 0.496 e. The Balaban J connectivity index is 2.37. The molecule has 5 heteroatoms. The first-order chi connectivity index (χ1) is 9.42. The molecule has 2 rings (SSSR count). The second kappa shape index (κ2) is 5.63. The number of hydrogen-bond donors (Lipinski definition) is 1. The number of methoxy groups -OCH3 is 1. The van der Waals surface area contributed by atoms with Crippen LogP contribution in [0.25, 0.3) is 11.3 Å². The third-order valence-electron chi connectivity index (χ3n) is 2.85. The fourth-order valence-corrected chi connectivity index (χ4v) is 1.84. The van der Waals surface area contributed by atoms with Crippen LogP contribution < -0.4 is 10.1 Å². The lowest BCUT2D eigenvalue weighted by Crippen LogP contribution is -2.35. The van der Waals surface area contributed by atoms with Crippen molar-refractivity contribution in [3.8, 4) is 17.1 Å². The molecule has 0 radical (unpaired) electrons. The molecular weight excluding hydrogens is 259 g/mol. The van der Waals surface area contributed by atoms with Gasteiger partial charge < -0.3 is 14.5 Å².